The summed E-state index contributed by atoms with van der Waals surface area (Å²) in [5.41, 5.74) is 8.08. The van der Waals surface area contributed by atoms with Gasteiger partial charge in [0.25, 0.3) is 0 Å². The van der Waals surface area contributed by atoms with E-state index in [-0.39, 0.29) is 17.9 Å². The van der Waals surface area contributed by atoms with Gasteiger partial charge in [-0.05, 0) is 48.8 Å². The molecule has 2 heterocycles. The molecule has 1 saturated carbocycles. The summed E-state index contributed by atoms with van der Waals surface area (Å²) in [6.45, 7) is 0. The van der Waals surface area contributed by atoms with Crippen molar-refractivity contribution in [2.75, 3.05) is 5.32 Å². The second-order valence-electron chi connectivity index (χ2n) is 7.14. The minimum absolute atomic E-state index is 0.0361. The number of carbonyl (C=O) groups is 1. The van der Waals surface area contributed by atoms with Gasteiger partial charge in [0.15, 0.2) is 0 Å². The number of nitrogens with zero attached hydrogens (tertiary/aromatic N) is 3. The molecule has 3 N–H and O–H groups in total. The number of hydrogen-bond acceptors (Lipinski definition) is 4. The van der Waals surface area contributed by atoms with E-state index in [1.807, 2.05) is 31.6 Å². The second kappa shape index (κ2) is 6.88. The number of amides is 1. The molecule has 26 heavy (non-hydrogen) atoms. The maximum Gasteiger partial charge on any atom is 0.228 e. The van der Waals surface area contributed by atoms with Crippen LogP contribution in [-0.2, 0) is 11.8 Å². The fourth-order valence-electron chi connectivity index (χ4n) is 3.57. The highest BCUT2D eigenvalue weighted by Gasteiger charge is 2.24. The number of pyridine rings is 1. The fraction of sp³-hybridized carbons (Fsp3) is 0.350. The smallest absolute Gasteiger partial charge is 0.228 e. The van der Waals surface area contributed by atoms with Crippen LogP contribution in [0.3, 0.4) is 0 Å². The lowest BCUT2D eigenvalue weighted by Crippen LogP contribution is -2.32. The number of anilines is 1. The van der Waals surface area contributed by atoms with Crippen molar-refractivity contribution in [2.45, 2.75) is 31.7 Å². The van der Waals surface area contributed by atoms with E-state index in [1.54, 1.807) is 10.9 Å². The highest BCUT2D eigenvalue weighted by atomic mass is 16.1. The van der Waals surface area contributed by atoms with E-state index in [4.69, 9.17) is 5.73 Å². The van der Waals surface area contributed by atoms with Crippen molar-refractivity contribution >= 4 is 22.5 Å². The Morgan fingerprint density at radius 2 is 1.92 bits per heavy atom. The molecule has 134 valence electrons. The molecule has 0 aliphatic heterocycles. The molecule has 1 aliphatic rings. The average Bonchev–Trinajstić information content (AvgIpc) is 3.08. The number of nitrogens with one attached hydrogen (secondary N) is 1. The Labute approximate surface area is 152 Å². The lowest BCUT2D eigenvalue weighted by molar-refractivity contribution is -0.120. The van der Waals surface area contributed by atoms with Crippen molar-refractivity contribution in [3.05, 3.63) is 42.9 Å². The molecule has 1 amide bonds. The average molecular weight is 349 g/mol. The summed E-state index contributed by atoms with van der Waals surface area (Å²) in [6.07, 6.45) is 9.17. The Morgan fingerprint density at radius 3 is 2.65 bits per heavy atom. The lowest BCUT2D eigenvalue weighted by atomic mass is 9.86. The molecule has 0 bridgehead atoms. The number of nitrogens with two attached hydrogens (primary N) is 1. The van der Waals surface area contributed by atoms with Gasteiger partial charge >= 0.3 is 0 Å². The van der Waals surface area contributed by atoms with Gasteiger partial charge in [-0.15, -0.1) is 0 Å². The maximum absolute atomic E-state index is 12.5. The van der Waals surface area contributed by atoms with Crippen LogP contribution in [0.2, 0.25) is 0 Å². The Morgan fingerprint density at radius 1 is 1.12 bits per heavy atom. The van der Waals surface area contributed by atoms with Gasteiger partial charge in [0.2, 0.25) is 5.91 Å². The van der Waals surface area contributed by atoms with Gasteiger partial charge in [-0.3, -0.25) is 9.48 Å². The third kappa shape index (κ3) is 3.46. The summed E-state index contributed by atoms with van der Waals surface area (Å²) < 4.78 is 1.79. The third-order valence-corrected chi connectivity index (χ3v) is 5.15. The molecule has 0 saturated heterocycles. The number of carbonyl (C=O) groups excluding carboxylic acids is 1. The Kier molecular flexibility index (Phi) is 4.42. The summed E-state index contributed by atoms with van der Waals surface area (Å²) in [5.74, 6) is 0.682. The monoisotopic (exact) mass is 349 g/mol. The van der Waals surface area contributed by atoms with Crippen molar-refractivity contribution in [3.63, 3.8) is 0 Å². The van der Waals surface area contributed by atoms with E-state index in [1.165, 1.54) is 0 Å². The van der Waals surface area contributed by atoms with Crippen molar-refractivity contribution in [2.24, 2.45) is 18.7 Å². The minimum atomic E-state index is 0.0361. The SMILES string of the molecule is Cn1cc(-c2ccc3cnc(NC(=O)C4CCC(N)CC4)cc3c2)cn1. The molecule has 1 aromatic carbocycles. The zero-order valence-corrected chi connectivity index (χ0v) is 14.9. The van der Waals surface area contributed by atoms with Crippen molar-refractivity contribution < 1.29 is 4.79 Å². The Balaban J connectivity index is 1.55. The van der Waals surface area contributed by atoms with Gasteiger partial charge in [-0.2, -0.15) is 5.10 Å². The van der Waals surface area contributed by atoms with Crippen LogP contribution in [0.25, 0.3) is 21.9 Å². The standard InChI is InChI=1S/C20H23N5O/c1-25-12-17(11-23-25)14-2-3-15-10-22-19(9-16(15)8-14)24-20(26)13-4-6-18(21)7-5-13/h2-3,8-13,18H,4-7,21H2,1H3,(H,22,24,26). The van der Waals surface area contributed by atoms with Crippen LogP contribution in [0, 0.1) is 5.92 Å². The van der Waals surface area contributed by atoms with E-state index in [0.717, 1.165) is 47.6 Å². The molecule has 0 radical (unpaired) electrons. The second-order valence-corrected chi connectivity index (χ2v) is 7.14. The molecule has 0 unspecified atom stereocenters. The van der Waals surface area contributed by atoms with Crippen LogP contribution in [0.15, 0.2) is 42.9 Å². The van der Waals surface area contributed by atoms with Gasteiger partial charge in [0.1, 0.15) is 5.82 Å². The summed E-state index contributed by atoms with van der Waals surface area (Å²) in [4.78, 5) is 16.9. The summed E-state index contributed by atoms with van der Waals surface area (Å²) >= 11 is 0. The van der Waals surface area contributed by atoms with E-state index < -0.39 is 0 Å². The number of rotatable bonds is 3. The van der Waals surface area contributed by atoms with Crippen molar-refractivity contribution in [1.29, 1.82) is 0 Å². The Bertz CT molecular complexity index is 940. The first kappa shape index (κ1) is 16.7. The van der Waals surface area contributed by atoms with Crippen LogP contribution in [-0.4, -0.2) is 26.7 Å². The predicted octanol–water partition coefficient (Wildman–Crippen LogP) is 3.09. The van der Waals surface area contributed by atoms with Crippen LogP contribution in [0.1, 0.15) is 25.7 Å². The molecule has 4 rings (SSSR count). The van der Waals surface area contributed by atoms with E-state index in [0.29, 0.717) is 5.82 Å². The number of aromatic nitrogens is 3. The quantitative estimate of drug-likeness (QED) is 0.761. The lowest BCUT2D eigenvalue weighted by Gasteiger charge is -2.24. The molecule has 6 nitrogen and oxygen atoms in total. The van der Waals surface area contributed by atoms with Crippen molar-refractivity contribution in [1.82, 2.24) is 14.8 Å². The highest BCUT2D eigenvalue weighted by molar-refractivity contribution is 5.95. The number of fused-ring (bicyclic) bond motifs is 1. The third-order valence-electron chi connectivity index (χ3n) is 5.15. The first-order valence-corrected chi connectivity index (χ1v) is 9.04. The van der Waals surface area contributed by atoms with Crippen molar-refractivity contribution in [3.8, 4) is 11.1 Å². The molecule has 6 heteroatoms. The number of aryl methyl sites for hydroxylation is 1. The number of benzene rings is 1. The normalized spacial score (nSPS) is 20.2. The zero-order valence-electron chi connectivity index (χ0n) is 14.9. The van der Waals surface area contributed by atoms with Gasteiger partial charge < -0.3 is 11.1 Å². The van der Waals surface area contributed by atoms with Crippen LogP contribution < -0.4 is 11.1 Å². The van der Waals surface area contributed by atoms with Gasteiger partial charge in [-0.1, -0.05) is 12.1 Å². The molecule has 3 aromatic rings. The first-order chi connectivity index (χ1) is 12.6. The summed E-state index contributed by atoms with van der Waals surface area (Å²) in [6, 6.07) is 8.37. The van der Waals surface area contributed by atoms with E-state index in [9.17, 15) is 4.79 Å². The topological polar surface area (TPSA) is 85.8 Å². The molecule has 0 atom stereocenters. The summed E-state index contributed by atoms with van der Waals surface area (Å²) in [5, 5.41) is 9.28. The van der Waals surface area contributed by atoms with E-state index in [2.05, 4.69) is 27.5 Å². The molecular formula is C20H23N5O. The largest absolute Gasteiger partial charge is 0.328 e. The maximum atomic E-state index is 12.5. The Hall–Kier alpha value is -2.73. The molecular weight excluding hydrogens is 326 g/mol. The van der Waals surface area contributed by atoms with Crippen LogP contribution in [0.4, 0.5) is 5.82 Å². The molecule has 2 aromatic heterocycles. The highest BCUT2D eigenvalue weighted by Crippen LogP contribution is 2.27. The van der Waals surface area contributed by atoms with Crippen LogP contribution >= 0.6 is 0 Å². The number of hydrogen-bond donors (Lipinski definition) is 2. The molecule has 1 aliphatic carbocycles. The van der Waals surface area contributed by atoms with E-state index >= 15 is 0 Å². The van der Waals surface area contributed by atoms with Crippen LogP contribution in [0.5, 0.6) is 0 Å². The molecule has 1 fully saturated rings. The van der Waals surface area contributed by atoms with Gasteiger partial charge in [0.05, 0.1) is 6.20 Å². The minimum Gasteiger partial charge on any atom is -0.328 e. The predicted molar refractivity (Wildman–Crippen MR) is 103 cm³/mol. The van der Waals surface area contributed by atoms with Gasteiger partial charge in [-0.25, -0.2) is 4.98 Å². The summed E-state index contributed by atoms with van der Waals surface area (Å²) in [7, 11) is 1.90. The fourth-order valence-corrected chi connectivity index (χ4v) is 3.57. The molecule has 0 spiro atoms. The first-order valence-electron chi connectivity index (χ1n) is 9.04. The van der Waals surface area contributed by atoms with Gasteiger partial charge in [0, 0.05) is 42.4 Å². The zero-order chi connectivity index (χ0) is 18.1.